The van der Waals surface area contributed by atoms with E-state index in [1.54, 1.807) is 6.08 Å². The molecule has 2 atom stereocenters. The van der Waals surface area contributed by atoms with Gasteiger partial charge in [-0.25, -0.2) is 0 Å². The number of hydrogen-bond acceptors (Lipinski definition) is 3. The topological polar surface area (TPSA) is 69.6 Å². The fraction of sp³-hybridized carbons (Fsp3) is 0.935. The van der Waals surface area contributed by atoms with Gasteiger partial charge in [-0.2, -0.15) is 0 Å². The van der Waals surface area contributed by atoms with E-state index in [1.807, 2.05) is 6.08 Å². The second-order valence-electron chi connectivity index (χ2n) is 15.8. The summed E-state index contributed by atoms with van der Waals surface area (Å²) in [7, 11) is 0. The molecule has 0 aliphatic heterocycles. The molecule has 0 rings (SSSR count). The number of aliphatic hydroxyl groups excluding tert-OH is 2. The molecule has 0 bridgehead atoms. The molecule has 0 aromatic heterocycles. The average Bonchev–Trinajstić information content (AvgIpc) is 3.12. The number of nitrogens with one attached hydrogen (secondary N) is 1. The van der Waals surface area contributed by atoms with Crippen molar-refractivity contribution < 1.29 is 15.0 Å². The summed E-state index contributed by atoms with van der Waals surface area (Å²) in [5, 5.41) is 23.0. The molecule has 1 amide bonds. The fourth-order valence-corrected chi connectivity index (χ4v) is 7.24. The maximum absolute atomic E-state index is 12.4. The minimum atomic E-state index is -0.833. The molecule has 0 aromatic carbocycles. The highest BCUT2D eigenvalue weighted by molar-refractivity contribution is 5.76. The van der Waals surface area contributed by atoms with E-state index < -0.39 is 12.1 Å². The Kier molecular flexibility index (Phi) is 41.8. The quantitative estimate of drug-likeness (QED) is 0.0437. The van der Waals surface area contributed by atoms with Crippen LogP contribution in [0.2, 0.25) is 0 Å². The zero-order chi connectivity index (χ0) is 36.4. The van der Waals surface area contributed by atoms with Crippen LogP contribution in [0.3, 0.4) is 0 Å². The van der Waals surface area contributed by atoms with Gasteiger partial charge in [0.15, 0.2) is 0 Å². The summed E-state index contributed by atoms with van der Waals surface area (Å²) in [5.41, 5.74) is 0. The molecule has 0 fully saturated rings. The van der Waals surface area contributed by atoms with E-state index in [4.69, 9.17) is 0 Å². The van der Waals surface area contributed by atoms with E-state index in [0.29, 0.717) is 6.42 Å². The Morgan fingerprint density at radius 3 is 1.04 bits per heavy atom. The van der Waals surface area contributed by atoms with Crippen molar-refractivity contribution in [2.75, 3.05) is 6.61 Å². The smallest absolute Gasteiger partial charge is 0.220 e. The summed E-state index contributed by atoms with van der Waals surface area (Å²) >= 11 is 0. The van der Waals surface area contributed by atoms with E-state index in [2.05, 4.69) is 19.2 Å². The molecule has 0 saturated heterocycles. The lowest BCUT2D eigenvalue weighted by Gasteiger charge is -2.20. The molecular weight excluding hydrogens is 615 g/mol. The van der Waals surface area contributed by atoms with Gasteiger partial charge < -0.3 is 15.5 Å². The van der Waals surface area contributed by atoms with Crippen LogP contribution in [0, 0.1) is 0 Å². The lowest BCUT2D eigenvalue weighted by molar-refractivity contribution is -0.123. The van der Waals surface area contributed by atoms with Crippen LogP contribution in [-0.2, 0) is 4.79 Å². The highest BCUT2D eigenvalue weighted by Crippen LogP contribution is 2.17. The molecular formula is C46H91NO3. The monoisotopic (exact) mass is 706 g/mol. The van der Waals surface area contributed by atoms with Gasteiger partial charge in [0.05, 0.1) is 18.8 Å². The molecule has 0 aromatic rings. The SMILES string of the molecule is CCCCCCCCCCCCC/C=C/[C@@H](O)[C@H](CO)NC(=O)CCCCCCCCCCCCCCCCCCCCCCCCCCC. The third kappa shape index (κ3) is 38.4. The largest absolute Gasteiger partial charge is 0.394 e. The first-order chi connectivity index (χ1) is 24.7. The minimum absolute atomic E-state index is 0.0593. The van der Waals surface area contributed by atoms with E-state index in [0.717, 1.165) is 25.7 Å². The highest BCUT2D eigenvalue weighted by Gasteiger charge is 2.17. The molecule has 0 aliphatic rings. The fourth-order valence-electron chi connectivity index (χ4n) is 7.24. The number of rotatable bonds is 42. The third-order valence-electron chi connectivity index (χ3n) is 10.8. The molecule has 298 valence electrons. The Morgan fingerprint density at radius 2 is 0.740 bits per heavy atom. The van der Waals surface area contributed by atoms with Crippen LogP contribution in [0.25, 0.3) is 0 Å². The zero-order valence-electron chi connectivity index (χ0n) is 34.2. The Balaban J connectivity index is 3.46. The van der Waals surface area contributed by atoms with Gasteiger partial charge in [-0.15, -0.1) is 0 Å². The second-order valence-corrected chi connectivity index (χ2v) is 15.8. The van der Waals surface area contributed by atoms with Crippen molar-refractivity contribution in [2.45, 2.75) is 270 Å². The molecule has 0 radical (unpaired) electrons. The lowest BCUT2D eigenvalue weighted by atomic mass is 10.0. The first kappa shape index (κ1) is 49.1. The Morgan fingerprint density at radius 1 is 0.460 bits per heavy atom. The average molecular weight is 706 g/mol. The number of amides is 1. The summed E-state index contributed by atoms with van der Waals surface area (Å²) < 4.78 is 0. The van der Waals surface area contributed by atoms with Gasteiger partial charge in [0.2, 0.25) is 5.91 Å². The third-order valence-corrected chi connectivity index (χ3v) is 10.8. The molecule has 0 unspecified atom stereocenters. The van der Waals surface area contributed by atoms with Gasteiger partial charge in [0, 0.05) is 6.42 Å². The summed E-state index contributed by atoms with van der Waals surface area (Å²) in [6.45, 7) is 4.32. The van der Waals surface area contributed by atoms with Crippen molar-refractivity contribution in [1.82, 2.24) is 5.32 Å². The van der Waals surface area contributed by atoms with Crippen LogP contribution in [0.1, 0.15) is 258 Å². The van der Waals surface area contributed by atoms with Crippen LogP contribution >= 0.6 is 0 Å². The number of carbonyl (C=O) groups excluding carboxylic acids is 1. The Hall–Kier alpha value is -0.870. The molecule has 0 aliphatic carbocycles. The predicted molar refractivity (Wildman–Crippen MR) is 221 cm³/mol. The van der Waals surface area contributed by atoms with Crippen LogP contribution in [-0.4, -0.2) is 34.9 Å². The number of hydrogen-bond donors (Lipinski definition) is 3. The van der Waals surface area contributed by atoms with Gasteiger partial charge in [0.1, 0.15) is 0 Å². The summed E-state index contributed by atoms with van der Waals surface area (Å²) in [6, 6.07) is -0.615. The van der Waals surface area contributed by atoms with E-state index in [9.17, 15) is 15.0 Å². The van der Waals surface area contributed by atoms with Crippen LogP contribution < -0.4 is 5.32 Å². The molecule has 3 N–H and O–H groups in total. The standard InChI is InChI=1S/C46H91NO3/c1-3-5-7-9-11-13-15-17-18-19-20-21-22-23-24-25-26-27-28-30-32-34-36-38-40-42-46(50)47-44(43-48)45(49)41-39-37-35-33-31-29-16-14-12-10-8-6-4-2/h39,41,44-45,48-49H,3-38,40,42-43H2,1-2H3,(H,47,50)/b41-39+/t44-,45+/m0/s1. The van der Waals surface area contributed by atoms with Crippen molar-refractivity contribution in [1.29, 1.82) is 0 Å². The number of unbranched alkanes of at least 4 members (excludes halogenated alkanes) is 35. The Labute approximate surface area is 314 Å². The normalized spacial score (nSPS) is 13.0. The van der Waals surface area contributed by atoms with Crippen molar-refractivity contribution >= 4 is 5.91 Å². The number of allylic oxidation sites excluding steroid dienone is 1. The van der Waals surface area contributed by atoms with Crippen LogP contribution in [0.5, 0.6) is 0 Å². The number of carbonyl (C=O) groups is 1. The van der Waals surface area contributed by atoms with Gasteiger partial charge >= 0.3 is 0 Å². The maximum atomic E-state index is 12.4. The highest BCUT2D eigenvalue weighted by atomic mass is 16.3. The summed E-state index contributed by atoms with van der Waals surface area (Å²) in [4.78, 5) is 12.4. The molecule has 0 spiro atoms. The molecule has 4 nitrogen and oxygen atoms in total. The van der Waals surface area contributed by atoms with Crippen molar-refractivity contribution in [3.8, 4) is 0 Å². The second kappa shape index (κ2) is 42.5. The van der Waals surface area contributed by atoms with Crippen molar-refractivity contribution in [2.24, 2.45) is 0 Å². The minimum Gasteiger partial charge on any atom is -0.394 e. The van der Waals surface area contributed by atoms with Gasteiger partial charge in [-0.05, 0) is 19.3 Å². The van der Waals surface area contributed by atoms with Crippen molar-refractivity contribution in [3.05, 3.63) is 12.2 Å². The zero-order valence-corrected chi connectivity index (χ0v) is 34.2. The summed E-state index contributed by atoms with van der Waals surface area (Å²) in [6.07, 6.45) is 53.3. The molecule has 50 heavy (non-hydrogen) atoms. The van der Waals surface area contributed by atoms with Gasteiger partial charge in [-0.3, -0.25) is 4.79 Å². The molecule has 0 saturated carbocycles. The first-order valence-corrected chi connectivity index (χ1v) is 22.9. The Bertz CT molecular complexity index is 680. The van der Waals surface area contributed by atoms with E-state index >= 15 is 0 Å². The maximum Gasteiger partial charge on any atom is 0.220 e. The summed E-state index contributed by atoms with van der Waals surface area (Å²) in [5.74, 6) is -0.0593. The number of aliphatic hydroxyl groups is 2. The van der Waals surface area contributed by atoms with Crippen molar-refractivity contribution in [3.63, 3.8) is 0 Å². The molecule has 0 heterocycles. The first-order valence-electron chi connectivity index (χ1n) is 22.9. The van der Waals surface area contributed by atoms with Crippen LogP contribution in [0.4, 0.5) is 0 Å². The van der Waals surface area contributed by atoms with E-state index in [1.165, 1.54) is 212 Å². The van der Waals surface area contributed by atoms with E-state index in [-0.39, 0.29) is 12.5 Å². The van der Waals surface area contributed by atoms with Gasteiger partial charge in [-0.1, -0.05) is 244 Å². The lowest BCUT2D eigenvalue weighted by Crippen LogP contribution is -2.45. The predicted octanol–water partition coefficient (Wildman–Crippen LogP) is 14.2. The molecule has 4 heteroatoms. The van der Waals surface area contributed by atoms with Crippen LogP contribution in [0.15, 0.2) is 12.2 Å². The van der Waals surface area contributed by atoms with Gasteiger partial charge in [0.25, 0.3) is 0 Å².